The van der Waals surface area contributed by atoms with E-state index in [-0.39, 0.29) is 12.2 Å². The molecule has 1 aliphatic heterocycles. The van der Waals surface area contributed by atoms with E-state index in [1.54, 1.807) is 0 Å². The van der Waals surface area contributed by atoms with E-state index in [4.69, 9.17) is 9.84 Å². The largest absolute Gasteiger partial charge is 0.393 e. The summed E-state index contributed by atoms with van der Waals surface area (Å²) in [5.41, 5.74) is 0. The first kappa shape index (κ1) is 6.05. The second kappa shape index (κ2) is 2.46. The van der Waals surface area contributed by atoms with Gasteiger partial charge in [-0.1, -0.05) is 0 Å². The Morgan fingerprint density at radius 2 is 2.38 bits per heavy atom. The van der Waals surface area contributed by atoms with Gasteiger partial charge in [0.2, 0.25) is 0 Å². The third-order valence-electron chi connectivity index (χ3n) is 1.34. The standard InChI is InChI=1S/C6H11O2/c1-5-4-6(7)2-3-8-5/h5-7H,1-4H2. The number of hydrogen-bond acceptors (Lipinski definition) is 2. The van der Waals surface area contributed by atoms with Crippen LogP contribution in [0.3, 0.4) is 0 Å². The lowest BCUT2D eigenvalue weighted by Crippen LogP contribution is -2.26. The molecule has 0 amide bonds. The van der Waals surface area contributed by atoms with E-state index >= 15 is 0 Å². The molecule has 8 heavy (non-hydrogen) atoms. The summed E-state index contributed by atoms with van der Waals surface area (Å²) in [6.45, 7) is 4.33. The summed E-state index contributed by atoms with van der Waals surface area (Å²) in [4.78, 5) is 0. The molecular formula is C6H11O2. The maximum absolute atomic E-state index is 8.96. The Hall–Kier alpha value is -0.0800. The van der Waals surface area contributed by atoms with Crippen molar-refractivity contribution in [2.24, 2.45) is 0 Å². The molecule has 47 valence electrons. The molecule has 0 saturated carbocycles. The van der Waals surface area contributed by atoms with E-state index in [1.807, 2.05) is 0 Å². The minimum atomic E-state index is -0.175. The molecule has 1 N–H and O–H groups in total. The maximum atomic E-state index is 8.96. The molecule has 0 aliphatic carbocycles. The molecule has 0 aromatic heterocycles. The maximum Gasteiger partial charge on any atom is 0.0600 e. The lowest BCUT2D eigenvalue weighted by molar-refractivity contribution is -0.0223. The van der Waals surface area contributed by atoms with Crippen LogP contribution in [0, 0.1) is 6.92 Å². The second-order valence-corrected chi connectivity index (χ2v) is 2.17. The highest BCUT2D eigenvalue weighted by atomic mass is 16.5. The highest BCUT2D eigenvalue weighted by molar-refractivity contribution is 4.71. The first-order valence-corrected chi connectivity index (χ1v) is 2.92. The molecule has 1 radical (unpaired) electrons. The van der Waals surface area contributed by atoms with Crippen molar-refractivity contribution in [3.63, 3.8) is 0 Å². The van der Waals surface area contributed by atoms with Crippen LogP contribution in [-0.2, 0) is 4.74 Å². The monoisotopic (exact) mass is 115 g/mol. The van der Waals surface area contributed by atoms with Crippen molar-refractivity contribution >= 4 is 0 Å². The summed E-state index contributed by atoms with van der Waals surface area (Å²) in [7, 11) is 0. The van der Waals surface area contributed by atoms with Gasteiger partial charge in [-0.15, -0.1) is 0 Å². The van der Waals surface area contributed by atoms with Crippen LogP contribution in [0.15, 0.2) is 0 Å². The van der Waals surface area contributed by atoms with Gasteiger partial charge in [0.15, 0.2) is 0 Å². The average molecular weight is 115 g/mol. The number of aliphatic hydroxyl groups is 1. The lowest BCUT2D eigenvalue weighted by atomic mass is 10.1. The van der Waals surface area contributed by atoms with Gasteiger partial charge in [-0.25, -0.2) is 0 Å². The van der Waals surface area contributed by atoms with E-state index in [9.17, 15) is 0 Å². The quantitative estimate of drug-likeness (QED) is 0.494. The molecule has 1 heterocycles. The number of ether oxygens (including phenoxy) is 1. The zero-order valence-electron chi connectivity index (χ0n) is 4.84. The van der Waals surface area contributed by atoms with Gasteiger partial charge in [-0.2, -0.15) is 0 Å². The summed E-state index contributed by atoms with van der Waals surface area (Å²) < 4.78 is 5.08. The zero-order chi connectivity index (χ0) is 5.98. The number of aliphatic hydroxyl groups excluding tert-OH is 1. The molecule has 1 saturated heterocycles. The molecule has 1 rings (SSSR count). The summed E-state index contributed by atoms with van der Waals surface area (Å²) in [6.07, 6.45) is 1.30. The average Bonchev–Trinajstić information content (AvgIpc) is 1.64. The molecule has 2 atom stereocenters. The van der Waals surface area contributed by atoms with Crippen molar-refractivity contribution in [2.75, 3.05) is 6.61 Å². The summed E-state index contributed by atoms with van der Waals surface area (Å²) in [5, 5.41) is 8.96. The Balaban J connectivity index is 2.23. The molecule has 0 bridgehead atoms. The van der Waals surface area contributed by atoms with Crippen LogP contribution in [0.25, 0.3) is 0 Å². The molecule has 0 aromatic rings. The SMILES string of the molecule is [CH2]C1CC(O)CCO1. The normalized spacial score (nSPS) is 39.8. The molecule has 1 fully saturated rings. The van der Waals surface area contributed by atoms with E-state index in [1.165, 1.54) is 0 Å². The molecule has 1 aliphatic rings. The van der Waals surface area contributed by atoms with Crippen molar-refractivity contribution in [1.29, 1.82) is 0 Å². The third kappa shape index (κ3) is 1.46. The first-order chi connectivity index (χ1) is 3.79. The van der Waals surface area contributed by atoms with Gasteiger partial charge >= 0.3 is 0 Å². The van der Waals surface area contributed by atoms with Crippen LogP contribution >= 0.6 is 0 Å². The fourth-order valence-corrected chi connectivity index (χ4v) is 0.860. The van der Waals surface area contributed by atoms with Crippen LogP contribution in [0.5, 0.6) is 0 Å². The van der Waals surface area contributed by atoms with Crippen molar-refractivity contribution < 1.29 is 9.84 Å². The van der Waals surface area contributed by atoms with E-state index in [2.05, 4.69) is 6.92 Å². The summed E-state index contributed by atoms with van der Waals surface area (Å²) in [6, 6.07) is 0. The number of rotatable bonds is 0. The molecule has 2 unspecified atom stereocenters. The minimum absolute atomic E-state index is 0.0127. The van der Waals surface area contributed by atoms with Crippen LogP contribution in [0.4, 0.5) is 0 Å². The van der Waals surface area contributed by atoms with Gasteiger partial charge in [0.1, 0.15) is 0 Å². The third-order valence-corrected chi connectivity index (χ3v) is 1.34. The van der Waals surface area contributed by atoms with Crippen LogP contribution in [0.1, 0.15) is 12.8 Å². The molecular weight excluding hydrogens is 104 g/mol. The van der Waals surface area contributed by atoms with Gasteiger partial charge in [0, 0.05) is 6.61 Å². The summed E-state index contributed by atoms with van der Waals surface area (Å²) >= 11 is 0. The van der Waals surface area contributed by atoms with Crippen molar-refractivity contribution in [2.45, 2.75) is 25.0 Å². The van der Waals surface area contributed by atoms with Gasteiger partial charge in [-0.05, 0) is 19.8 Å². The molecule has 0 spiro atoms. The summed E-state index contributed by atoms with van der Waals surface area (Å²) in [5.74, 6) is 0. The van der Waals surface area contributed by atoms with Gasteiger partial charge in [-0.3, -0.25) is 0 Å². The van der Waals surface area contributed by atoms with E-state index in [0.29, 0.717) is 13.0 Å². The molecule has 0 aromatic carbocycles. The predicted molar refractivity (Wildman–Crippen MR) is 30.3 cm³/mol. The molecule has 2 nitrogen and oxygen atoms in total. The lowest BCUT2D eigenvalue weighted by Gasteiger charge is -2.22. The molecule has 2 heteroatoms. The first-order valence-electron chi connectivity index (χ1n) is 2.92. The Morgan fingerprint density at radius 3 is 2.75 bits per heavy atom. The van der Waals surface area contributed by atoms with Crippen molar-refractivity contribution in [1.82, 2.24) is 0 Å². The topological polar surface area (TPSA) is 29.5 Å². The van der Waals surface area contributed by atoms with Crippen molar-refractivity contribution in [3.8, 4) is 0 Å². The fourth-order valence-electron chi connectivity index (χ4n) is 0.860. The fraction of sp³-hybridized carbons (Fsp3) is 0.833. The van der Waals surface area contributed by atoms with E-state index in [0.717, 1.165) is 6.42 Å². The highest BCUT2D eigenvalue weighted by Crippen LogP contribution is 2.11. The van der Waals surface area contributed by atoms with Gasteiger partial charge in [0.05, 0.1) is 12.2 Å². The zero-order valence-corrected chi connectivity index (χ0v) is 4.84. The van der Waals surface area contributed by atoms with Gasteiger partial charge in [0.25, 0.3) is 0 Å². The van der Waals surface area contributed by atoms with Crippen LogP contribution < -0.4 is 0 Å². The smallest absolute Gasteiger partial charge is 0.0600 e. The van der Waals surface area contributed by atoms with Gasteiger partial charge < -0.3 is 9.84 Å². The Morgan fingerprint density at radius 1 is 1.62 bits per heavy atom. The Bertz CT molecular complexity index is 64.9. The minimum Gasteiger partial charge on any atom is -0.393 e. The second-order valence-electron chi connectivity index (χ2n) is 2.17. The number of hydrogen-bond donors (Lipinski definition) is 1. The van der Waals surface area contributed by atoms with Crippen molar-refractivity contribution in [3.05, 3.63) is 6.92 Å². The Kier molecular flexibility index (Phi) is 1.86. The predicted octanol–water partition coefficient (Wildman–Crippen LogP) is 0.360. The van der Waals surface area contributed by atoms with E-state index < -0.39 is 0 Å². The van der Waals surface area contributed by atoms with Crippen LogP contribution in [-0.4, -0.2) is 23.9 Å². The highest BCUT2D eigenvalue weighted by Gasteiger charge is 2.15. The van der Waals surface area contributed by atoms with Crippen LogP contribution in [0.2, 0.25) is 0 Å². The Labute approximate surface area is 49.5 Å².